The first-order valence-corrected chi connectivity index (χ1v) is 9.23. The number of benzene rings is 2. The number of rotatable bonds is 4. The molecule has 8 nitrogen and oxygen atoms in total. The fourth-order valence-corrected chi connectivity index (χ4v) is 3.45. The van der Waals surface area contributed by atoms with E-state index in [2.05, 4.69) is 31.3 Å². The summed E-state index contributed by atoms with van der Waals surface area (Å²) in [6.45, 7) is 1.96. The molecule has 5 aromatic rings. The number of hydrogen-bond donors (Lipinski definition) is 2. The molecule has 30 heavy (non-hydrogen) atoms. The minimum Gasteiger partial charge on any atom is -0.360 e. The Bertz CT molecular complexity index is 1410. The normalized spacial score (nSPS) is 12.2. The smallest absolute Gasteiger partial charge is 0.182 e. The Labute approximate surface area is 170 Å². The Kier molecular flexibility index (Phi) is 4.10. The molecule has 0 aliphatic rings. The second-order valence-electron chi connectivity index (χ2n) is 6.81. The first-order chi connectivity index (χ1) is 14.6. The Morgan fingerprint density at radius 2 is 1.97 bits per heavy atom. The molecule has 1 unspecified atom stereocenters. The minimum absolute atomic E-state index is 0.237. The molecule has 0 saturated carbocycles. The van der Waals surface area contributed by atoms with Crippen LogP contribution in [0, 0.1) is 17.1 Å². The topological polar surface area (TPSA) is 108 Å². The van der Waals surface area contributed by atoms with Crippen LogP contribution < -0.4 is 5.32 Å². The quantitative estimate of drug-likeness (QED) is 0.476. The number of nitrogens with zero attached hydrogens (tertiary/aromatic N) is 6. The highest BCUT2D eigenvalue weighted by atomic mass is 19.1. The highest BCUT2D eigenvalue weighted by Crippen LogP contribution is 2.29. The van der Waals surface area contributed by atoms with E-state index in [0.717, 1.165) is 16.8 Å². The van der Waals surface area contributed by atoms with Crippen molar-refractivity contribution in [2.24, 2.45) is 0 Å². The van der Waals surface area contributed by atoms with Gasteiger partial charge < -0.3 is 10.3 Å². The second kappa shape index (κ2) is 6.93. The number of aromatic amines is 1. The van der Waals surface area contributed by atoms with Gasteiger partial charge in [0.1, 0.15) is 17.7 Å². The van der Waals surface area contributed by atoms with Crippen molar-refractivity contribution in [1.82, 2.24) is 29.7 Å². The molecule has 0 bridgehead atoms. The number of fused-ring (bicyclic) bond motifs is 2. The zero-order chi connectivity index (χ0) is 20.7. The number of aromatic nitrogens is 6. The van der Waals surface area contributed by atoms with Crippen LogP contribution in [0.4, 0.5) is 10.2 Å². The van der Waals surface area contributed by atoms with Crippen molar-refractivity contribution in [2.45, 2.75) is 13.0 Å². The van der Waals surface area contributed by atoms with Gasteiger partial charge >= 0.3 is 0 Å². The zero-order valence-electron chi connectivity index (χ0n) is 15.8. The van der Waals surface area contributed by atoms with Crippen LogP contribution in [0.15, 0.2) is 55.1 Å². The Hall–Kier alpha value is -4.32. The molecule has 0 aliphatic carbocycles. The summed E-state index contributed by atoms with van der Waals surface area (Å²) in [6.07, 6.45) is 3.01. The summed E-state index contributed by atoms with van der Waals surface area (Å²) < 4.78 is 15.7. The first kappa shape index (κ1) is 17.8. The standard InChI is InChI=1S/C21H15FN8/c1-12(28-21-19-20(25-10-24-19)26-11-27-21)18-16-7-4-14(22)8-17(16)30(29-18)15-5-2-13(9-23)3-6-15/h2-8,10-12H,1H3,(H2,24,25,26,27,28). The first-order valence-electron chi connectivity index (χ1n) is 9.23. The number of H-pyrrole nitrogens is 1. The van der Waals surface area contributed by atoms with Crippen molar-refractivity contribution in [3.63, 3.8) is 0 Å². The van der Waals surface area contributed by atoms with E-state index in [0.29, 0.717) is 28.1 Å². The molecule has 146 valence electrons. The van der Waals surface area contributed by atoms with Crippen molar-refractivity contribution in [3.8, 4) is 11.8 Å². The molecular formula is C21H15FN8. The molecule has 2 N–H and O–H groups in total. The lowest BCUT2D eigenvalue weighted by atomic mass is 10.1. The molecule has 2 aromatic carbocycles. The minimum atomic E-state index is -0.348. The third-order valence-electron chi connectivity index (χ3n) is 4.90. The fourth-order valence-electron chi connectivity index (χ4n) is 3.45. The van der Waals surface area contributed by atoms with Gasteiger partial charge in [-0.15, -0.1) is 0 Å². The van der Waals surface area contributed by atoms with Gasteiger partial charge in [0, 0.05) is 11.5 Å². The van der Waals surface area contributed by atoms with Crippen LogP contribution >= 0.6 is 0 Å². The number of halogens is 1. The molecule has 0 fully saturated rings. The van der Waals surface area contributed by atoms with E-state index in [4.69, 9.17) is 10.4 Å². The molecule has 0 aliphatic heterocycles. The summed E-state index contributed by atoms with van der Waals surface area (Å²) in [5.74, 6) is 0.257. The van der Waals surface area contributed by atoms with Crippen LogP contribution in [-0.4, -0.2) is 29.7 Å². The summed E-state index contributed by atoms with van der Waals surface area (Å²) in [7, 11) is 0. The van der Waals surface area contributed by atoms with Gasteiger partial charge in [-0.05, 0) is 43.3 Å². The van der Waals surface area contributed by atoms with Gasteiger partial charge in [0.15, 0.2) is 11.5 Å². The zero-order valence-corrected chi connectivity index (χ0v) is 15.8. The molecule has 1 atom stereocenters. The molecular weight excluding hydrogens is 383 g/mol. The number of nitriles is 1. The van der Waals surface area contributed by atoms with E-state index in [1.54, 1.807) is 41.3 Å². The molecule has 0 saturated heterocycles. The van der Waals surface area contributed by atoms with Gasteiger partial charge in [-0.1, -0.05) is 0 Å². The summed E-state index contributed by atoms with van der Waals surface area (Å²) in [6, 6.07) is 13.4. The average molecular weight is 398 g/mol. The van der Waals surface area contributed by atoms with Crippen LogP contribution in [-0.2, 0) is 0 Å². The van der Waals surface area contributed by atoms with Crippen LogP contribution in [0.3, 0.4) is 0 Å². The molecule has 9 heteroatoms. The lowest BCUT2D eigenvalue weighted by Gasteiger charge is -2.13. The monoisotopic (exact) mass is 398 g/mol. The van der Waals surface area contributed by atoms with Crippen molar-refractivity contribution < 1.29 is 4.39 Å². The predicted octanol–water partition coefficient (Wildman–Crippen LogP) is 3.88. The molecule has 0 radical (unpaired) electrons. The van der Waals surface area contributed by atoms with Gasteiger partial charge in [0.05, 0.1) is 40.9 Å². The fraction of sp³-hybridized carbons (Fsp3) is 0.0952. The van der Waals surface area contributed by atoms with Crippen LogP contribution in [0.1, 0.15) is 24.2 Å². The van der Waals surface area contributed by atoms with E-state index in [-0.39, 0.29) is 11.9 Å². The number of imidazole rings is 1. The van der Waals surface area contributed by atoms with Gasteiger partial charge in [-0.2, -0.15) is 10.4 Å². The van der Waals surface area contributed by atoms with Crippen molar-refractivity contribution in [1.29, 1.82) is 5.26 Å². The number of nitrogens with one attached hydrogen (secondary N) is 2. The maximum atomic E-state index is 14.0. The van der Waals surface area contributed by atoms with Gasteiger partial charge in [-0.3, -0.25) is 0 Å². The Morgan fingerprint density at radius 3 is 2.77 bits per heavy atom. The maximum Gasteiger partial charge on any atom is 0.182 e. The summed E-state index contributed by atoms with van der Waals surface area (Å²) >= 11 is 0. The van der Waals surface area contributed by atoms with E-state index >= 15 is 0 Å². The van der Waals surface area contributed by atoms with Gasteiger partial charge in [0.25, 0.3) is 0 Å². The van der Waals surface area contributed by atoms with Crippen LogP contribution in [0.25, 0.3) is 27.8 Å². The second-order valence-corrected chi connectivity index (χ2v) is 6.81. The number of hydrogen-bond acceptors (Lipinski definition) is 6. The molecule has 0 spiro atoms. The maximum absolute atomic E-state index is 14.0. The third-order valence-corrected chi connectivity index (χ3v) is 4.90. The third kappa shape index (κ3) is 2.91. The van der Waals surface area contributed by atoms with E-state index in [1.807, 2.05) is 6.92 Å². The van der Waals surface area contributed by atoms with Crippen LogP contribution in [0.5, 0.6) is 0 Å². The highest BCUT2D eigenvalue weighted by Gasteiger charge is 2.19. The lowest BCUT2D eigenvalue weighted by Crippen LogP contribution is -2.10. The highest BCUT2D eigenvalue weighted by molar-refractivity contribution is 5.86. The van der Waals surface area contributed by atoms with Crippen molar-refractivity contribution >= 4 is 27.9 Å². The lowest BCUT2D eigenvalue weighted by molar-refractivity contribution is 0.629. The summed E-state index contributed by atoms with van der Waals surface area (Å²) in [5.41, 5.74) is 3.92. The molecule has 3 aromatic heterocycles. The Balaban J connectivity index is 1.60. The summed E-state index contributed by atoms with van der Waals surface area (Å²) in [5, 5.41) is 17.9. The van der Waals surface area contributed by atoms with Crippen molar-refractivity contribution in [2.75, 3.05) is 5.32 Å². The molecule has 3 heterocycles. The SMILES string of the molecule is CC(Nc1ncnc2nc[nH]c12)c1nn(-c2ccc(C#N)cc2)c2cc(F)ccc12. The van der Waals surface area contributed by atoms with Crippen molar-refractivity contribution in [3.05, 3.63) is 72.2 Å². The van der Waals surface area contributed by atoms with Crippen LogP contribution in [0.2, 0.25) is 0 Å². The largest absolute Gasteiger partial charge is 0.360 e. The van der Waals surface area contributed by atoms with Gasteiger partial charge in [0.2, 0.25) is 0 Å². The number of anilines is 1. The van der Waals surface area contributed by atoms with Gasteiger partial charge in [-0.25, -0.2) is 24.0 Å². The van der Waals surface area contributed by atoms with E-state index < -0.39 is 0 Å². The van der Waals surface area contributed by atoms with E-state index in [9.17, 15) is 4.39 Å². The molecule has 5 rings (SSSR count). The Morgan fingerprint density at radius 1 is 1.13 bits per heavy atom. The molecule has 0 amide bonds. The average Bonchev–Trinajstić information content (AvgIpc) is 3.39. The van der Waals surface area contributed by atoms with E-state index in [1.165, 1.54) is 18.5 Å². The predicted molar refractivity (Wildman–Crippen MR) is 109 cm³/mol. The summed E-state index contributed by atoms with van der Waals surface area (Å²) in [4.78, 5) is 15.6.